The number of nitrogens with zero attached hydrogens (tertiary/aromatic N) is 2. The highest BCUT2D eigenvalue weighted by molar-refractivity contribution is 5.97. The lowest BCUT2D eigenvalue weighted by atomic mass is 10.1. The van der Waals surface area contributed by atoms with Crippen LogP contribution in [0.25, 0.3) is 0 Å². The van der Waals surface area contributed by atoms with Gasteiger partial charge >= 0.3 is 12.0 Å². The molecular weight excluding hydrogens is 310 g/mol. The van der Waals surface area contributed by atoms with Crippen molar-refractivity contribution >= 4 is 23.6 Å². The highest BCUT2D eigenvalue weighted by Gasteiger charge is 2.35. The van der Waals surface area contributed by atoms with E-state index < -0.39 is 11.9 Å². The van der Waals surface area contributed by atoms with Crippen LogP contribution in [0.5, 0.6) is 0 Å². The van der Waals surface area contributed by atoms with Crippen LogP contribution in [0.15, 0.2) is 24.3 Å². The van der Waals surface area contributed by atoms with Crippen LogP contribution >= 0.6 is 0 Å². The Bertz CT molecular complexity index is 654. The molecule has 128 valence electrons. The number of amides is 3. The predicted octanol–water partition coefficient (Wildman–Crippen LogP) is 1.54. The number of benzene rings is 1. The molecule has 1 aliphatic carbocycles. The van der Waals surface area contributed by atoms with E-state index in [2.05, 4.69) is 5.32 Å². The fourth-order valence-corrected chi connectivity index (χ4v) is 2.82. The fraction of sp³-hybridized carbons (Fsp3) is 0.471. The molecule has 3 rings (SSSR count). The van der Waals surface area contributed by atoms with Gasteiger partial charge in [-0.25, -0.2) is 4.79 Å². The second kappa shape index (κ2) is 6.51. The van der Waals surface area contributed by atoms with Gasteiger partial charge in [0.25, 0.3) is 5.91 Å². The second-order valence-corrected chi connectivity index (χ2v) is 6.36. The molecule has 1 aromatic carbocycles. The van der Waals surface area contributed by atoms with E-state index in [1.54, 1.807) is 41.0 Å². The summed E-state index contributed by atoms with van der Waals surface area (Å²) in [4.78, 5) is 38.8. The summed E-state index contributed by atoms with van der Waals surface area (Å²) in [5.74, 6) is -1.64. The van der Waals surface area contributed by atoms with E-state index in [0.29, 0.717) is 18.7 Å². The monoisotopic (exact) mass is 331 g/mol. The molecule has 2 fully saturated rings. The molecule has 0 bridgehead atoms. The van der Waals surface area contributed by atoms with E-state index in [1.807, 2.05) is 0 Å². The zero-order valence-corrected chi connectivity index (χ0v) is 13.6. The Labute approximate surface area is 140 Å². The number of hydrogen-bond donors (Lipinski definition) is 2. The number of carbonyl (C=O) groups is 3. The Hall–Kier alpha value is -2.57. The van der Waals surface area contributed by atoms with E-state index in [-0.39, 0.29) is 24.5 Å². The minimum Gasteiger partial charge on any atom is -0.481 e. The van der Waals surface area contributed by atoms with Crippen molar-refractivity contribution in [3.05, 3.63) is 29.8 Å². The van der Waals surface area contributed by atoms with Gasteiger partial charge in [-0.05, 0) is 37.1 Å². The van der Waals surface area contributed by atoms with Gasteiger partial charge in [-0.3, -0.25) is 14.5 Å². The Morgan fingerprint density at radius 2 is 2.00 bits per heavy atom. The van der Waals surface area contributed by atoms with E-state index in [4.69, 9.17) is 5.11 Å². The molecule has 7 nitrogen and oxygen atoms in total. The van der Waals surface area contributed by atoms with Crippen molar-refractivity contribution in [3.63, 3.8) is 0 Å². The minimum atomic E-state index is -0.899. The molecule has 1 unspecified atom stereocenters. The summed E-state index contributed by atoms with van der Waals surface area (Å²) in [5.41, 5.74) is 1.27. The zero-order chi connectivity index (χ0) is 17.3. The Morgan fingerprint density at radius 3 is 2.50 bits per heavy atom. The van der Waals surface area contributed by atoms with Gasteiger partial charge in [-0.2, -0.15) is 0 Å². The fourth-order valence-electron chi connectivity index (χ4n) is 2.82. The molecule has 1 saturated heterocycles. The van der Waals surface area contributed by atoms with Crippen molar-refractivity contribution in [2.45, 2.75) is 25.8 Å². The van der Waals surface area contributed by atoms with Crippen LogP contribution in [-0.4, -0.2) is 53.6 Å². The summed E-state index contributed by atoms with van der Waals surface area (Å²) in [6, 6.07) is 6.91. The Morgan fingerprint density at radius 1 is 1.33 bits per heavy atom. The number of nitrogens with one attached hydrogen (secondary N) is 1. The zero-order valence-electron chi connectivity index (χ0n) is 13.6. The molecule has 2 N–H and O–H groups in total. The molecule has 0 radical (unpaired) electrons. The van der Waals surface area contributed by atoms with E-state index in [1.165, 1.54) is 0 Å². The van der Waals surface area contributed by atoms with Crippen LogP contribution in [-0.2, 0) is 4.79 Å². The lowest BCUT2D eigenvalue weighted by Gasteiger charge is -2.24. The van der Waals surface area contributed by atoms with Gasteiger partial charge < -0.3 is 15.3 Å². The van der Waals surface area contributed by atoms with Crippen molar-refractivity contribution in [1.82, 2.24) is 10.2 Å². The van der Waals surface area contributed by atoms with Gasteiger partial charge in [0.2, 0.25) is 0 Å². The Balaban J connectivity index is 1.73. The third-order valence-electron chi connectivity index (χ3n) is 4.42. The smallest absolute Gasteiger partial charge is 0.321 e. The first kappa shape index (κ1) is 16.3. The SMILES string of the molecule is CC(CN(C(=O)c1ccc(N2CCNC2=O)cc1)C1CC1)C(=O)O. The summed E-state index contributed by atoms with van der Waals surface area (Å²) in [5, 5.41) is 11.8. The molecular formula is C17H21N3O4. The summed E-state index contributed by atoms with van der Waals surface area (Å²) in [7, 11) is 0. The largest absolute Gasteiger partial charge is 0.481 e. The summed E-state index contributed by atoms with van der Waals surface area (Å²) >= 11 is 0. The van der Waals surface area contributed by atoms with Crippen LogP contribution in [0.1, 0.15) is 30.1 Å². The van der Waals surface area contributed by atoms with Crippen molar-refractivity contribution in [1.29, 1.82) is 0 Å². The normalized spacial score (nSPS) is 18.2. The maximum Gasteiger partial charge on any atom is 0.321 e. The first-order chi connectivity index (χ1) is 11.5. The van der Waals surface area contributed by atoms with Crippen molar-refractivity contribution in [3.8, 4) is 0 Å². The molecule has 0 spiro atoms. The van der Waals surface area contributed by atoms with Crippen LogP contribution in [0.3, 0.4) is 0 Å². The highest BCUT2D eigenvalue weighted by Crippen LogP contribution is 2.29. The average Bonchev–Trinajstić information content (AvgIpc) is 3.32. The number of carbonyl (C=O) groups excluding carboxylic acids is 2. The molecule has 1 heterocycles. The summed E-state index contributed by atoms with van der Waals surface area (Å²) in [6.45, 7) is 3.05. The molecule has 7 heteroatoms. The Kier molecular flexibility index (Phi) is 4.42. The summed E-state index contributed by atoms with van der Waals surface area (Å²) < 4.78 is 0. The highest BCUT2D eigenvalue weighted by atomic mass is 16.4. The average molecular weight is 331 g/mol. The van der Waals surface area contributed by atoms with Gasteiger partial charge in [0.1, 0.15) is 0 Å². The van der Waals surface area contributed by atoms with Crippen LogP contribution < -0.4 is 10.2 Å². The van der Waals surface area contributed by atoms with Gasteiger partial charge in [0.05, 0.1) is 5.92 Å². The van der Waals surface area contributed by atoms with Gasteiger partial charge in [0, 0.05) is 36.9 Å². The first-order valence-electron chi connectivity index (χ1n) is 8.16. The molecule has 3 amide bonds. The molecule has 1 aromatic rings. The third-order valence-corrected chi connectivity index (χ3v) is 4.42. The number of rotatable bonds is 6. The van der Waals surface area contributed by atoms with Crippen molar-refractivity contribution in [2.24, 2.45) is 5.92 Å². The molecule has 2 aliphatic rings. The number of carboxylic acid groups (broad SMARTS) is 1. The topological polar surface area (TPSA) is 90.0 Å². The van der Waals surface area contributed by atoms with Crippen molar-refractivity contribution in [2.75, 3.05) is 24.5 Å². The van der Waals surface area contributed by atoms with E-state index in [0.717, 1.165) is 18.5 Å². The first-order valence-corrected chi connectivity index (χ1v) is 8.16. The minimum absolute atomic E-state index is 0.135. The van der Waals surface area contributed by atoms with Gasteiger partial charge in [0.15, 0.2) is 0 Å². The standard InChI is InChI=1S/C17H21N3O4/c1-11(16(22)23)10-20(14-6-7-14)15(21)12-2-4-13(5-3-12)19-9-8-18-17(19)24/h2-5,11,14H,6-10H2,1H3,(H,18,24)(H,22,23). The van der Waals surface area contributed by atoms with E-state index >= 15 is 0 Å². The molecule has 24 heavy (non-hydrogen) atoms. The third kappa shape index (κ3) is 3.34. The predicted molar refractivity (Wildman–Crippen MR) is 88.0 cm³/mol. The maximum absolute atomic E-state index is 12.7. The number of anilines is 1. The van der Waals surface area contributed by atoms with Crippen LogP contribution in [0, 0.1) is 5.92 Å². The summed E-state index contributed by atoms with van der Waals surface area (Å²) in [6.07, 6.45) is 1.84. The van der Waals surface area contributed by atoms with E-state index in [9.17, 15) is 14.4 Å². The van der Waals surface area contributed by atoms with Gasteiger partial charge in [-0.15, -0.1) is 0 Å². The quantitative estimate of drug-likeness (QED) is 0.827. The number of aliphatic carboxylic acids is 1. The lowest BCUT2D eigenvalue weighted by Crippen LogP contribution is -2.38. The number of hydrogen-bond acceptors (Lipinski definition) is 3. The van der Waals surface area contributed by atoms with Crippen molar-refractivity contribution < 1.29 is 19.5 Å². The van der Waals surface area contributed by atoms with Crippen LogP contribution in [0.4, 0.5) is 10.5 Å². The molecule has 0 aromatic heterocycles. The second-order valence-electron chi connectivity index (χ2n) is 6.36. The number of carboxylic acids is 1. The van der Waals surface area contributed by atoms with Gasteiger partial charge in [-0.1, -0.05) is 6.92 Å². The number of urea groups is 1. The molecule has 1 aliphatic heterocycles. The lowest BCUT2D eigenvalue weighted by molar-refractivity contribution is -0.141. The van der Waals surface area contributed by atoms with Crippen LogP contribution in [0.2, 0.25) is 0 Å². The molecule has 1 atom stereocenters. The molecule has 1 saturated carbocycles. The maximum atomic E-state index is 12.7.